The Morgan fingerprint density at radius 2 is 1.83 bits per heavy atom. The van der Waals surface area contributed by atoms with Gasteiger partial charge in [-0.15, -0.1) is 0 Å². The average molecular weight is 490 g/mol. The molecule has 3 atom stereocenters. The fraction of sp³-hybridized carbons (Fsp3) is 0.419. The number of β-amino-alcohol motifs (C(OH)–C–C–N with tert-alkyl or cyclic N) is 1. The number of aromatic hydroxyl groups is 1. The number of methoxy groups -OCH3 is 1. The SMILES string of the molecule is COc1cccc(CCc2ccccc2OCC(O)CN2CC[C@@](C)(c3cccc(O)c3)[C@@H](C)C2)c1. The van der Waals surface area contributed by atoms with Crippen LogP contribution >= 0.6 is 0 Å². The third kappa shape index (κ3) is 6.40. The molecule has 0 aliphatic carbocycles. The first-order chi connectivity index (χ1) is 17.4. The second kappa shape index (κ2) is 11.8. The maximum Gasteiger partial charge on any atom is 0.122 e. The number of ether oxygens (including phenoxy) is 2. The molecule has 4 rings (SSSR count). The van der Waals surface area contributed by atoms with Crippen LogP contribution in [0.3, 0.4) is 0 Å². The molecule has 1 aliphatic rings. The van der Waals surface area contributed by atoms with Gasteiger partial charge < -0.3 is 24.6 Å². The Labute approximate surface area is 215 Å². The standard InChI is InChI=1S/C31H39NO4/c1-23-20-32(17-16-31(23,2)26-10-7-11-27(33)19-26)21-28(34)22-36-30-13-5-4-9-25(30)15-14-24-8-6-12-29(18-24)35-3/h4-13,18-19,23,28,33-34H,14-17,20-22H2,1-3H3/t23-,28?,31+/m0/s1. The highest BCUT2D eigenvalue weighted by Crippen LogP contribution is 2.40. The number of likely N-dealkylation sites (tertiary alicyclic amines) is 1. The minimum atomic E-state index is -0.561. The van der Waals surface area contributed by atoms with E-state index in [-0.39, 0.29) is 12.0 Å². The number of para-hydroxylation sites is 1. The van der Waals surface area contributed by atoms with Gasteiger partial charge in [0.2, 0.25) is 0 Å². The molecule has 0 saturated carbocycles. The third-order valence-corrected chi connectivity index (χ3v) is 7.76. The maximum atomic E-state index is 10.8. The molecule has 1 unspecified atom stereocenters. The van der Waals surface area contributed by atoms with Gasteiger partial charge in [-0.2, -0.15) is 0 Å². The number of benzene rings is 3. The van der Waals surface area contributed by atoms with Gasteiger partial charge in [-0.3, -0.25) is 0 Å². The highest BCUT2D eigenvalue weighted by atomic mass is 16.5. The highest BCUT2D eigenvalue weighted by Gasteiger charge is 2.38. The molecule has 0 spiro atoms. The molecule has 3 aromatic carbocycles. The summed E-state index contributed by atoms with van der Waals surface area (Å²) in [7, 11) is 1.69. The maximum absolute atomic E-state index is 10.8. The van der Waals surface area contributed by atoms with Crippen LogP contribution in [-0.4, -0.2) is 54.6 Å². The van der Waals surface area contributed by atoms with Crippen molar-refractivity contribution in [3.8, 4) is 17.2 Å². The number of hydrogen-bond acceptors (Lipinski definition) is 5. The molecule has 0 radical (unpaired) electrons. The number of aliphatic hydroxyl groups is 1. The summed E-state index contributed by atoms with van der Waals surface area (Å²) in [5, 5.41) is 20.7. The first kappa shape index (κ1) is 26.1. The largest absolute Gasteiger partial charge is 0.508 e. The number of phenols is 1. The molecule has 1 saturated heterocycles. The molecule has 0 amide bonds. The fourth-order valence-electron chi connectivity index (χ4n) is 5.27. The van der Waals surface area contributed by atoms with E-state index in [9.17, 15) is 10.2 Å². The molecule has 5 heteroatoms. The van der Waals surface area contributed by atoms with E-state index in [4.69, 9.17) is 9.47 Å². The first-order valence-electron chi connectivity index (χ1n) is 12.9. The lowest BCUT2D eigenvalue weighted by molar-refractivity contribution is 0.0357. The summed E-state index contributed by atoms with van der Waals surface area (Å²) < 4.78 is 11.4. The number of aliphatic hydroxyl groups excluding tert-OH is 1. The summed E-state index contributed by atoms with van der Waals surface area (Å²) in [6.07, 6.45) is 2.17. The average Bonchev–Trinajstić information content (AvgIpc) is 2.89. The third-order valence-electron chi connectivity index (χ3n) is 7.76. The number of rotatable bonds is 10. The predicted molar refractivity (Wildman–Crippen MR) is 144 cm³/mol. The predicted octanol–water partition coefficient (Wildman–Crippen LogP) is 5.23. The minimum absolute atomic E-state index is 0.0123. The van der Waals surface area contributed by atoms with Crippen molar-refractivity contribution < 1.29 is 19.7 Å². The number of phenolic OH excluding ortho intramolecular Hbond substituents is 1. The van der Waals surface area contributed by atoms with E-state index in [1.165, 1.54) is 11.1 Å². The van der Waals surface area contributed by atoms with E-state index < -0.39 is 6.10 Å². The number of nitrogens with zero attached hydrogens (tertiary/aromatic N) is 1. The highest BCUT2D eigenvalue weighted by molar-refractivity contribution is 5.36. The molecule has 192 valence electrons. The lowest BCUT2D eigenvalue weighted by Gasteiger charge is -2.45. The Bertz CT molecular complexity index is 1130. The van der Waals surface area contributed by atoms with Crippen LogP contribution in [0.2, 0.25) is 0 Å². The van der Waals surface area contributed by atoms with Crippen LogP contribution in [0.25, 0.3) is 0 Å². The molecular weight excluding hydrogens is 450 g/mol. The van der Waals surface area contributed by atoms with Gasteiger partial charge in [0.1, 0.15) is 30.0 Å². The van der Waals surface area contributed by atoms with Crippen LogP contribution < -0.4 is 9.47 Å². The van der Waals surface area contributed by atoms with Crippen LogP contribution in [-0.2, 0) is 18.3 Å². The fourth-order valence-corrected chi connectivity index (χ4v) is 5.27. The van der Waals surface area contributed by atoms with E-state index in [1.54, 1.807) is 13.2 Å². The van der Waals surface area contributed by atoms with E-state index in [0.717, 1.165) is 49.4 Å². The smallest absolute Gasteiger partial charge is 0.122 e. The summed E-state index contributed by atoms with van der Waals surface area (Å²) >= 11 is 0. The molecule has 0 bridgehead atoms. The molecular formula is C31H39NO4. The first-order valence-corrected chi connectivity index (χ1v) is 12.9. The normalized spacial score (nSPS) is 21.2. The second-order valence-electron chi connectivity index (χ2n) is 10.3. The molecule has 1 fully saturated rings. The summed E-state index contributed by atoms with van der Waals surface area (Å²) in [6, 6.07) is 23.9. The van der Waals surface area contributed by atoms with Crippen LogP contribution in [0.15, 0.2) is 72.8 Å². The minimum Gasteiger partial charge on any atom is -0.508 e. The Hall–Kier alpha value is -3.02. The lowest BCUT2D eigenvalue weighted by Crippen LogP contribution is -2.49. The number of hydrogen-bond donors (Lipinski definition) is 2. The number of aryl methyl sites for hydroxylation is 2. The van der Waals surface area contributed by atoms with Crippen LogP contribution in [0.4, 0.5) is 0 Å². The van der Waals surface area contributed by atoms with Crippen LogP contribution in [0.1, 0.15) is 37.0 Å². The Kier molecular flexibility index (Phi) is 8.55. The van der Waals surface area contributed by atoms with Crippen molar-refractivity contribution in [3.63, 3.8) is 0 Å². The van der Waals surface area contributed by atoms with Crippen molar-refractivity contribution in [1.82, 2.24) is 4.90 Å². The van der Waals surface area contributed by atoms with Crippen LogP contribution in [0, 0.1) is 5.92 Å². The van der Waals surface area contributed by atoms with Crippen molar-refractivity contribution >= 4 is 0 Å². The van der Waals surface area contributed by atoms with Gasteiger partial charge in [0.15, 0.2) is 0 Å². The Balaban J connectivity index is 1.29. The van der Waals surface area contributed by atoms with Gasteiger partial charge in [0.25, 0.3) is 0 Å². The molecule has 36 heavy (non-hydrogen) atoms. The molecule has 0 aromatic heterocycles. The van der Waals surface area contributed by atoms with E-state index >= 15 is 0 Å². The molecule has 2 N–H and O–H groups in total. The van der Waals surface area contributed by atoms with Gasteiger partial charge in [0, 0.05) is 13.1 Å². The molecule has 1 heterocycles. The monoisotopic (exact) mass is 489 g/mol. The quantitative estimate of drug-likeness (QED) is 0.409. The zero-order chi connectivity index (χ0) is 25.5. The number of piperidine rings is 1. The Morgan fingerprint density at radius 1 is 1.03 bits per heavy atom. The van der Waals surface area contributed by atoms with Gasteiger partial charge in [0.05, 0.1) is 7.11 Å². The van der Waals surface area contributed by atoms with E-state index in [1.807, 2.05) is 42.5 Å². The van der Waals surface area contributed by atoms with Gasteiger partial charge in [-0.1, -0.05) is 56.3 Å². The molecule has 1 aliphatic heterocycles. The van der Waals surface area contributed by atoms with Crippen molar-refractivity contribution in [2.75, 3.05) is 33.4 Å². The van der Waals surface area contributed by atoms with E-state index in [0.29, 0.717) is 18.2 Å². The molecule has 3 aromatic rings. The zero-order valence-corrected chi connectivity index (χ0v) is 21.7. The summed E-state index contributed by atoms with van der Waals surface area (Å²) in [5.74, 6) is 2.43. The second-order valence-corrected chi connectivity index (χ2v) is 10.3. The van der Waals surface area contributed by atoms with Gasteiger partial charge >= 0.3 is 0 Å². The van der Waals surface area contributed by atoms with Crippen molar-refractivity contribution in [2.24, 2.45) is 5.92 Å². The summed E-state index contributed by atoms with van der Waals surface area (Å²) in [4.78, 5) is 2.33. The topological polar surface area (TPSA) is 62.2 Å². The summed E-state index contributed by atoms with van der Waals surface area (Å²) in [5.41, 5.74) is 3.56. The van der Waals surface area contributed by atoms with Crippen molar-refractivity contribution in [2.45, 2.75) is 44.6 Å². The lowest BCUT2D eigenvalue weighted by atomic mass is 9.68. The van der Waals surface area contributed by atoms with E-state index in [2.05, 4.69) is 43.0 Å². The van der Waals surface area contributed by atoms with Gasteiger partial charge in [-0.25, -0.2) is 0 Å². The molecule has 5 nitrogen and oxygen atoms in total. The Morgan fingerprint density at radius 3 is 2.61 bits per heavy atom. The summed E-state index contributed by atoms with van der Waals surface area (Å²) in [6.45, 7) is 7.21. The van der Waals surface area contributed by atoms with Crippen molar-refractivity contribution in [1.29, 1.82) is 0 Å². The van der Waals surface area contributed by atoms with Gasteiger partial charge in [-0.05, 0) is 84.2 Å². The van der Waals surface area contributed by atoms with Crippen LogP contribution in [0.5, 0.6) is 17.2 Å². The zero-order valence-electron chi connectivity index (χ0n) is 21.7. The van der Waals surface area contributed by atoms with Crippen molar-refractivity contribution in [3.05, 3.63) is 89.5 Å².